The lowest BCUT2D eigenvalue weighted by molar-refractivity contribution is -0.255. The highest BCUT2D eigenvalue weighted by atomic mass is 16.5. The fraction of sp³-hybridized carbons (Fsp3) is 0.222. The Hall–Kier alpha value is -2.11. The smallest absolute Gasteiger partial charge is 0.339 e. The molecule has 0 N–H and O–H groups in total. The molecule has 15 heavy (non-hydrogen) atoms. The molecule has 0 aliphatic rings. The Morgan fingerprint density at radius 3 is 2.53 bits per heavy atom. The van der Waals surface area contributed by atoms with E-state index in [1.54, 1.807) is 0 Å². The van der Waals surface area contributed by atoms with Crippen LogP contribution >= 0.6 is 0 Å². The summed E-state index contributed by atoms with van der Waals surface area (Å²) in [6.45, 7) is 0. The van der Waals surface area contributed by atoms with Crippen LogP contribution in [0, 0.1) is 0 Å². The maximum absolute atomic E-state index is 11.1. The van der Waals surface area contributed by atoms with Gasteiger partial charge < -0.3 is 19.4 Å². The van der Waals surface area contributed by atoms with Crippen LogP contribution in [0.25, 0.3) is 0 Å². The van der Waals surface area contributed by atoms with E-state index in [4.69, 9.17) is 4.74 Å². The first-order valence-corrected chi connectivity index (χ1v) is 3.93. The van der Waals surface area contributed by atoms with Crippen molar-refractivity contribution >= 4 is 11.9 Å². The number of pyridine rings is 1. The summed E-state index contributed by atoms with van der Waals surface area (Å²) >= 11 is 0. The lowest BCUT2D eigenvalue weighted by Gasteiger charge is -2.08. The van der Waals surface area contributed by atoms with Gasteiger partial charge in [-0.1, -0.05) is 0 Å². The Bertz CT molecular complexity index is 401. The largest absolute Gasteiger partial charge is 0.543 e. The molecule has 0 bridgehead atoms. The van der Waals surface area contributed by atoms with Crippen molar-refractivity contribution in [2.24, 2.45) is 0 Å². The number of carboxylic acid groups (broad SMARTS) is 1. The standard InChI is InChI=1S/C9H9NO5/c1-14-6-3-5(9(13)15-2)4-10-7(6)8(11)12/h3-4H,1-2H3,(H,11,12)/p-1. The summed E-state index contributed by atoms with van der Waals surface area (Å²) < 4.78 is 9.19. The molecule has 1 aromatic rings. The summed E-state index contributed by atoms with van der Waals surface area (Å²) in [6, 6.07) is 1.23. The van der Waals surface area contributed by atoms with Gasteiger partial charge in [-0.15, -0.1) is 0 Å². The lowest BCUT2D eigenvalue weighted by atomic mass is 10.2. The van der Waals surface area contributed by atoms with Gasteiger partial charge in [0.1, 0.15) is 11.4 Å². The Morgan fingerprint density at radius 2 is 2.07 bits per heavy atom. The molecule has 0 unspecified atom stereocenters. The van der Waals surface area contributed by atoms with Crippen molar-refractivity contribution in [1.29, 1.82) is 0 Å². The molecular formula is C9H8NO5-. The predicted octanol–water partition coefficient (Wildman–Crippen LogP) is -0.760. The molecule has 80 valence electrons. The van der Waals surface area contributed by atoms with Crippen molar-refractivity contribution in [1.82, 2.24) is 4.98 Å². The third-order valence-corrected chi connectivity index (χ3v) is 1.69. The number of esters is 1. The number of carbonyl (C=O) groups excluding carboxylic acids is 2. The van der Waals surface area contributed by atoms with Gasteiger partial charge in [-0.25, -0.2) is 4.79 Å². The van der Waals surface area contributed by atoms with Crippen molar-refractivity contribution in [3.8, 4) is 5.75 Å². The maximum Gasteiger partial charge on any atom is 0.339 e. The van der Waals surface area contributed by atoms with Gasteiger partial charge in [-0.2, -0.15) is 0 Å². The van der Waals surface area contributed by atoms with Crippen LogP contribution in [0.1, 0.15) is 20.8 Å². The molecule has 0 aliphatic heterocycles. The van der Waals surface area contributed by atoms with E-state index in [1.807, 2.05) is 0 Å². The Kier molecular flexibility index (Phi) is 3.22. The topological polar surface area (TPSA) is 88.5 Å². The number of hydrogen-bond donors (Lipinski definition) is 0. The Balaban J connectivity index is 3.19. The van der Waals surface area contributed by atoms with Crippen molar-refractivity contribution in [2.75, 3.05) is 14.2 Å². The summed E-state index contributed by atoms with van der Waals surface area (Å²) in [5.41, 5.74) is -0.246. The van der Waals surface area contributed by atoms with E-state index in [0.717, 1.165) is 6.20 Å². The molecule has 1 heterocycles. The van der Waals surface area contributed by atoms with Crippen LogP contribution in [0.2, 0.25) is 0 Å². The summed E-state index contributed by atoms with van der Waals surface area (Å²) in [4.78, 5) is 25.2. The molecule has 6 heteroatoms. The van der Waals surface area contributed by atoms with Gasteiger partial charge in [-0.3, -0.25) is 4.98 Å². The zero-order valence-corrected chi connectivity index (χ0v) is 8.14. The van der Waals surface area contributed by atoms with Crippen LogP contribution in [0.4, 0.5) is 0 Å². The van der Waals surface area contributed by atoms with E-state index in [0.29, 0.717) is 0 Å². The second kappa shape index (κ2) is 4.41. The predicted molar refractivity (Wildman–Crippen MR) is 46.5 cm³/mol. The van der Waals surface area contributed by atoms with E-state index >= 15 is 0 Å². The van der Waals surface area contributed by atoms with Gasteiger partial charge in [0.15, 0.2) is 0 Å². The quantitative estimate of drug-likeness (QED) is 0.609. The minimum absolute atomic E-state index is 0.0436. The molecule has 0 amide bonds. The van der Waals surface area contributed by atoms with Crippen LogP contribution in [0.3, 0.4) is 0 Å². The molecule has 0 fully saturated rings. The van der Waals surface area contributed by atoms with Crippen LogP contribution in [-0.2, 0) is 4.74 Å². The Morgan fingerprint density at radius 1 is 1.40 bits per heavy atom. The number of hydrogen-bond acceptors (Lipinski definition) is 6. The van der Waals surface area contributed by atoms with E-state index in [-0.39, 0.29) is 17.0 Å². The van der Waals surface area contributed by atoms with E-state index in [2.05, 4.69) is 9.72 Å². The fourth-order valence-corrected chi connectivity index (χ4v) is 0.983. The fourth-order valence-electron chi connectivity index (χ4n) is 0.983. The molecule has 0 saturated heterocycles. The van der Waals surface area contributed by atoms with Crippen molar-refractivity contribution < 1.29 is 24.2 Å². The minimum Gasteiger partial charge on any atom is -0.543 e. The minimum atomic E-state index is -1.47. The number of carboxylic acids is 1. The van der Waals surface area contributed by atoms with Crippen LogP contribution in [-0.4, -0.2) is 31.1 Å². The van der Waals surface area contributed by atoms with Gasteiger partial charge in [0.25, 0.3) is 0 Å². The first kappa shape index (κ1) is 11.0. The first-order valence-electron chi connectivity index (χ1n) is 3.93. The van der Waals surface area contributed by atoms with E-state index in [9.17, 15) is 14.7 Å². The molecule has 0 aliphatic carbocycles. The van der Waals surface area contributed by atoms with Gasteiger partial charge in [0, 0.05) is 6.20 Å². The molecule has 0 aromatic carbocycles. The molecule has 0 saturated carbocycles. The highest BCUT2D eigenvalue weighted by Gasteiger charge is 2.11. The highest BCUT2D eigenvalue weighted by Crippen LogP contribution is 2.17. The summed E-state index contributed by atoms with van der Waals surface area (Å²) in [5, 5.41) is 10.6. The second-order valence-electron chi connectivity index (χ2n) is 2.55. The number of aromatic nitrogens is 1. The number of nitrogens with zero attached hydrogens (tertiary/aromatic N) is 1. The highest BCUT2D eigenvalue weighted by molar-refractivity contribution is 5.92. The Labute approximate surface area is 85.5 Å². The van der Waals surface area contributed by atoms with Gasteiger partial charge in [0.2, 0.25) is 0 Å². The zero-order valence-electron chi connectivity index (χ0n) is 8.14. The first-order chi connectivity index (χ1) is 7.10. The summed E-state index contributed by atoms with van der Waals surface area (Å²) in [6.07, 6.45) is 1.08. The van der Waals surface area contributed by atoms with E-state index < -0.39 is 11.9 Å². The molecule has 6 nitrogen and oxygen atoms in total. The van der Waals surface area contributed by atoms with Crippen molar-refractivity contribution in [3.05, 3.63) is 23.5 Å². The van der Waals surface area contributed by atoms with Crippen molar-refractivity contribution in [3.63, 3.8) is 0 Å². The zero-order chi connectivity index (χ0) is 11.4. The number of aromatic carboxylic acids is 1. The van der Waals surface area contributed by atoms with Crippen molar-refractivity contribution in [2.45, 2.75) is 0 Å². The third kappa shape index (κ3) is 2.22. The monoisotopic (exact) mass is 210 g/mol. The number of carbonyl (C=O) groups is 2. The second-order valence-corrected chi connectivity index (χ2v) is 2.55. The van der Waals surface area contributed by atoms with Gasteiger partial charge >= 0.3 is 5.97 Å². The van der Waals surface area contributed by atoms with Gasteiger partial charge in [0.05, 0.1) is 25.8 Å². The maximum atomic E-state index is 11.1. The molecular weight excluding hydrogens is 202 g/mol. The SMILES string of the molecule is COC(=O)c1cnc(C(=O)[O-])c(OC)c1. The van der Waals surface area contributed by atoms with Gasteiger partial charge in [-0.05, 0) is 6.07 Å². The molecule has 1 rings (SSSR count). The molecule has 1 aromatic heterocycles. The van der Waals surface area contributed by atoms with Crippen LogP contribution < -0.4 is 9.84 Å². The number of ether oxygens (including phenoxy) is 2. The molecule has 0 spiro atoms. The van der Waals surface area contributed by atoms with Crippen LogP contribution in [0.5, 0.6) is 5.75 Å². The average molecular weight is 210 g/mol. The van der Waals surface area contributed by atoms with E-state index in [1.165, 1.54) is 20.3 Å². The molecule has 0 radical (unpaired) electrons. The summed E-state index contributed by atoms with van der Waals surface area (Å²) in [5.74, 6) is -2.13. The third-order valence-electron chi connectivity index (χ3n) is 1.69. The number of rotatable bonds is 3. The summed E-state index contributed by atoms with van der Waals surface area (Å²) in [7, 11) is 2.48. The normalized spacial score (nSPS) is 9.47. The average Bonchev–Trinajstić information content (AvgIpc) is 2.26. The molecule has 0 atom stereocenters. The number of methoxy groups -OCH3 is 2. The lowest BCUT2D eigenvalue weighted by Crippen LogP contribution is -2.24. The van der Waals surface area contributed by atoms with Crippen LogP contribution in [0.15, 0.2) is 12.3 Å².